The van der Waals surface area contributed by atoms with E-state index in [1.54, 1.807) is 0 Å². The maximum absolute atomic E-state index is 5.96. The SMILES string of the molecule is Clc1cccc(/C=C/c2ccc3ccccc3n2)c1. The van der Waals surface area contributed by atoms with Gasteiger partial charge < -0.3 is 0 Å². The molecule has 19 heavy (non-hydrogen) atoms. The van der Waals surface area contributed by atoms with Gasteiger partial charge in [0.15, 0.2) is 0 Å². The zero-order chi connectivity index (χ0) is 13.1. The van der Waals surface area contributed by atoms with Gasteiger partial charge in [-0.05, 0) is 35.9 Å². The number of nitrogens with zero attached hydrogens (tertiary/aromatic N) is 1. The molecule has 0 radical (unpaired) electrons. The lowest BCUT2D eigenvalue weighted by Crippen LogP contribution is -1.82. The molecule has 2 heteroatoms. The molecule has 0 bridgehead atoms. The fourth-order valence-electron chi connectivity index (χ4n) is 1.97. The number of pyridine rings is 1. The molecular formula is C17H12ClN. The highest BCUT2D eigenvalue weighted by molar-refractivity contribution is 6.30. The second-order valence-corrected chi connectivity index (χ2v) is 4.75. The van der Waals surface area contributed by atoms with Gasteiger partial charge in [0.05, 0.1) is 11.2 Å². The second kappa shape index (κ2) is 5.25. The number of para-hydroxylation sites is 1. The van der Waals surface area contributed by atoms with Crippen molar-refractivity contribution in [1.29, 1.82) is 0 Å². The molecule has 0 fully saturated rings. The number of fused-ring (bicyclic) bond motifs is 1. The quantitative estimate of drug-likeness (QED) is 0.631. The van der Waals surface area contributed by atoms with Crippen molar-refractivity contribution in [1.82, 2.24) is 4.98 Å². The van der Waals surface area contributed by atoms with Gasteiger partial charge in [-0.2, -0.15) is 0 Å². The molecule has 0 spiro atoms. The van der Waals surface area contributed by atoms with Crippen molar-refractivity contribution in [2.75, 3.05) is 0 Å². The fourth-order valence-corrected chi connectivity index (χ4v) is 2.17. The van der Waals surface area contributed by atoms with E-state index < -0.39 is 0 Å². The monoisotopic (exact) mass is 265 g/mol. The van der Waals surface area contributed by atoms with Crippen molar-refractivity contribution in [2.24, 2.45) is 0 Å². The van der Waals surface area contributed by atoms with Crippen molar-refractivity contribution in [3.05, 3.63) is 76.9 Å². The van der Waals surface area contributed by atoms with E-state index >= 15 is 0 Å². The molecule has 1 aromatic heterocycles. The minimum atomic E-state index is 0.744. The van der Waals surface area contributed by atoms with Crippen LogP contribution in [-0.4, -0.2) is 4.98 Å². The minimum absolute atomic E-state index is 0.744. The van der Waals surface area contributed by atoms with Crippen LogP contribution in [0.1, 0.15) is 11.3 Å². The summed E-state index contributed by atoms with van der Waals surface area (Å²) in [4.78, 5) is 4.59. The van der Waals surface area contributed by atoms with Gasteiger partial charge in [0.25, 0.3) is 0 Å². The fraction of sp³-hybridized carbons (Fsp3) is 0. The van der Waals surface area contributed by atoms with Gasteiger partial charge in [0.2, 0.25) is 0 Å². The summed E-state index contributed by atoms with van der Waals surface area (Å²) in [5.41, 5.74) is 3.02. The third-order valence-corrected chi connectivity index (χ3v) is 3.15. The number of benzene rings is 2. The van der Waals surface area contributed by atoms with Crippen molar-refractivity contribution in [2.45, 2.75) is 0 Å². The zero-order valence-electron chi connectivity index (χ0n) is 10.3. The zero-order valence-corrected chi connectivity index (χ0v) is 11.0. The first-order valence-corrected chi connectivity index (χ1v) is 6.48. The Kier molecular flexibility index (Phi) is 3.30. The highest BCUT2D eigenvalue weighted by Gasteiger charge is 1.95. The predicted octanol–water partition coefficient (Wildman–Crippen LogP) is 5.06. The Morgan fingerprint density at radius 2 is 1.74 bits per heavy atom. The first-order chi connectivity index (χ1) is 9.31. The van der Waals surface area contributed by atoms with Gasteiger partial charge in [-0.25, -0.2) is 4.98 Å². The van der Waals surface area contributed by atoms with Crippen LogP contribution in [0.25, 0.3) is 23.1 Å². The summed E-state index contributed by atoms with van der Waals surface area (Å²) >= 11 is 5.96. The summed E-state index contributed by atoms with van der Waals surface area (Å²) in [6.07, 6.45) is 4.01. The standard InChI is InChI=1S/C17H12ClN/c18-15-6-3-4-13(12-15)8-10-16-11-9-14-5-1-2-7-17(14)19-16/h1-12H/b10-8+. The first kappa shape index (κ1) is 11.9. The lowest BCUT2D eigenvalue weighted by atomic mass is 10.1. The van der Waals surface area contributed by atoms with Gasteiger partial charge in [-0.15, -0.1) is 0 Å². The van der Waals surface area contributed by atoms with E-state index in [9.17, 15) is 0 Å². The van der Waals surface area contributed by atoms with Crippen molar-refractivity contribution < 1.29 is 0 Å². The summed E-state index contributed by atoms with van der Waals surface area (Å²) < 4.78 is 0. The van der Waals surface area contributed by atoms with Crippen LogP contribution in [0.15, 0.2) is 60.7 Å². The molecule has 0 aliphatic carbocycles. The molecule has 1 heterocycles. The van der Waals surface area contributed by atoms with E-state index in [0.29, 0.717) is 0 Å². The minimum Gasteiger partial charge on any atom is -0.248 e. The molecule has 92 valence electrons. The van der Waals surface area contributed by atoms with Crippen LogP contribution in [0.5, 0.6) is 0 Å². The Morgan fingerprint density at radius 3 is 2.63 bits per heavy atom. The molecule has 0 atom stereocenters. The second-order valence-electron chi connectivity index (χ2n) is 4.32. The maximum atomic E-state index is 5.96. The predicted molar refractivity (Wildman–Crippen MR) is 82.1 cm³/mol. The smallest absolute Gasteiger partial charge is 0.0709 e. The van der Waals surface area contributed by atoms with Crippen LogP contribution in [0.3, 0.4) is 0 Å². The van der Waals surface area contributed by atoms with E-state index in [2.05, 4.69) is 17.1 Å². The Balaban J connectivity index is 1.92. The van der Waals surface area contributed by atoms with Crippen LogP contribution in [-0.2, 0) is 0 Å². The molecule has 2 aromatic carbocycles. The first-order valence-electron chi connectivity index (χ1n) is 6.11. The number of rotatable bonds is 2. The molecule has 0 N–H and O–H groups in total. The van der Waals surface area contributed by atoms with Crippen LogP contribution in [0.2, 0.25) is 5.02 Å². The summed E-state index contributed by atoms with van der Waals surface area (Å²) in [5.74, 6) is 0. The molecule has 0 unspecified atom stereocenters. The van der Waals surface area contributed by atoms with Gasteiger partial charge in [-0.1, -0.05) is 54.1 Å². The van der Waals surface area contributed by atoms with E-state index in [1.807, 2.05) is 60.7 Å². The molecule has 0 aliphatic rings. The molecule has 0 saturated carbocycles. The number of aromatic nitrogens is 1. The van der Waals surface area contributed by atoms with E-state index in [0.717, 1.165) is 27.2 Å². The average molecular weight is 266 g/mol. The number of hydrogen-bond acceptors (Lipinski definition) is 1. The average Bonchev–Trinajstić information content (AvgIpc) is 2.45. The summed E-state index contributed by atoms with van der Waals surface area (Å²) in [7, 11) is 0. The van der Waals surface area contributed by atoms with Crippen molar-refractivity contribution in [3.63, 3.8) is 0 Å². The number of halogens is 1. The summed E-state index contributed by atoms with van der Waals surface area (Å²) in [5, 5.41) is 1.90. The Labute approximate surface area is 117 Å². The van der Waals surface area contributed by atoms with Gasteiger partial charge in [0.1, 0.15) is 0 Å². The summed E-state index contributed by atoms with van der Waals surface area (Å²) in [6.45, 7) is 0. The topological polar surface area (TPSA) is 12.9 Å². The molecule has 3 aromatic rings. The van der Waals surface area contributed by atoms with Crippen LogP contribution in [0, 0.1) is 0 Å². The van der Waals surface area contributed by atoms with Crippen LogP contribution in [0.4, 0.5) is 0 Å². The maximum Gasteiger partial charge on any atom is 0.0709 e. The van der Waals surface area contributed by atoms with Gasteiger partial charge in [0, 0.05) is 10.4 Å². The molecule has 0 amide bonds. The summed E-state index contributed by atoms with van der Waals surface area (Å²) in [6, 6.07) is 20.0. The van der Waals surface area contributed by atoms with E-state index in [4.69, 9.17) is 11.6 Å². The molecule has 0 aliphatic heterocycles. The lowest BCUT2D eigenvalue weighted by molar-refractivity contribution is 1.37. The normalized spacial score (nSPS) is 11.2. The Bertz CT molecular complexity index is 747. The van der Waals surface area contributed by atoms with Gasteiger partial charge >= 0.3 is 0 Å². The van der Waals surface area contributed by atoms with Crippen molar-refractivity contribution >= 4 is 34.7 Å². The Hall–Kier alpha value is -2.12. The number of hydrogen-bond donors (Lipinski definition) is 0. The molecule has 0 saturated heterocycles. The largest absolute Gasteiger partial charge is 0.248 e. The van der Waals surface area contributed by atoms with Crippen molar-refractivity contribution in [3.8, 4) is 0 Å². The highest BCUT2D eigenvalue weighted by Crippen LogP contribution is 2.15. The van der Waals surface area contributed by atoms with E-state index in [1.165, 1.54) is 0 Å². The highest BCUT2D eigenvalue weighted by atomic mass is 35.5. The van der Waals surface area contributed by atoms with Gasteiger partial charge in [-0.3, -0.25) is 0 Å². The molecule has 3 rings (SSSR count). The van der Waals surface area contributed by atoms with E-state index in [-0.39, 0.29) is 0 Å². The third kappa shape index (κ3) is 2.83. The Morgan fingerprint density at radius 1 is 0.842 bits per heavy atom. The lowest BCUT2D eigenvalue weighted by Gasteiger charge is -1.98. The van der Waals surface area contributed by atoms with Crippen LogP contribution >= 0.6 is 11.6 Å². The van der Waals surface area contributed by atoms with Crippen LogP contribution < -0.4 is 0 Å². The molecule has 1 nitrogen and oxygen atoms in total. The molecular weight excluding hydrogens is 254 g/mol. The third-order valence-electron chi connectivity index (χ3n) is 2.92.